The number of ether oxygens (including phenoxy) is 1. The minimum atomic E-state index is -3.04. The molecule has 1 atom stereocenters. The summed E-state index contributed by atoms with van der Waals surface area (Å²) in [5, 5.41) is -0.298. The summed E-state index contributed by atoms with van der Waals surface area (Å²) in [7, 11) is -1.45. The van der Waals surface area contributed by atoms with Crippen LogP contribution in [0.3, 0.4) is 0 Å². The van der Waals surface area contributed by atoms with Crippen LogP contribution in [0.2, 0.25) is 0 Å². The molecular formula is C13H17ClN2O3S. The predicted octanol–water partition coefficient (Wildman–Crippen LogP) is 2.39. The topological polar surface area (TPSA) is 61.2 Å². The Labute approximate surface area is 123 Å². The summed E-state index contributed by atoms with van der Waals surface area (Å²) in [5.41, 5.74) is 1.61. The number of aryl methyl sites for hydroxylation is 1. The summed E-state index contributed by atoms with van der Waals surface area (Å²) in [6.07, 6.45) is 1.22. The van der Waals surface area contributed by atoms with Crippen molar-refractivity contribution in [3.05, 3.63) is 24.0 Å². The summed E-state index contributed by atoms with van der Waals surface area (Å²) in [4.78, 5) is 4.48. The van der Waals surface area contributed by atoms with Crippen LogP contribution in [-0.2, 0) is 16.4 Å². The first kappa shape index (κ1) is 15.1. The fourth-order valence-corrected chi connectivity index (χ4v) is 2.73. The number of methoxy groups -OCH3 is 1. The van der Waals surface area contributed by atoms with Gasteiger partial charge < -0.3 is 9.30 Å². The van der Waals surface area contributed by atoms with Crippen LogP contribution in [0.1, 0.15) is 18.1 Å². The van der Waals surface area contributed by atoms with Crippen LogP contribution < -0.4 is 4.74 Å². The Kier molecular flexibility index (Phi) is 4.25. The average molecular weight is 317 g/mol. The molecule has 0 saturated heterocycles. The van der Waals surface area contributed by atoms with Crippen LogP contribution in [0.25, 0.3) is 11.0 Å². The molecule has 0 radical (unpaired) electrons. The Balaban J connectivity index is 2.51. The number of hydrogen-bond donors (Lipinski definition) is 0. The van der Waals surface area contributed by atoms with E-state index in [4.69, 9.17) is 16.3 Å². The summed E-state index contributed by atoms with van der Waals surface area (Å²) in [6.45, 7) is 2.16. The summed E-state index contributed by atoms with van der Waals surface area (Å²) in [5.74, 6) is 1.43. The smallest absolute Gasteiger partial charge is 0.149 e. The summed E-state index contributed by atoms with van der Waals surface area (Å²) < 4.78 is 29.7. The molecule has 1 aromatic heterocycles. The molecule has 2 aromatic rings. The number of benzene rings is 1. The zero-order valence-electron chi connectivity index (χ0n) is 11.6. The van der Waals surface area contributed by atoms with Gasteiger partial charge in [0.1, 0.15) is 21.4 Å². The molecule has 0 N–H and O–H groups in total. The molecule has 0 spiro atoms. The van der Waals surface area contributed by atoms with E-state index in [0.717, 1.165) is 11.0 Å². The van der Waals surface area contributed by atoms with E-state index in [0.29, 0.717) is 18.1 Å². The first-order valence-electron chi connectivity index (χ1n) is 6.18. The lowest BCUT2D eigenvalue weighted by Crippen LogP contribution is -2.13. The molecule has 1 unspecified atom stereocenters. The lowest BCUT2D eigenvalue weighted by molar-refractivity contribution is 0.415. The van der Waals surface area contributed by atoms with Crippen molar-refractivity contribution in [3.63, 3.8) is 0 Å². The van der Waals surface area contributed by atoms with E-state index in [-0.39, 0.29) is 11.1 Å². The van der Waals surface area contributed by atoms with E-state index in [1.54, 1.807) is 7.11 Å². The summed E-state index contributed by atoms with van der Waals surface area (Å²) in [6, 6.07) is 5.50. The van der Waals surface area contributed by atoms with Gasteiger partial charge in [-0.1, -0.05) is 0 Å². The van der Waals surface area contributed by atoms with Gasteiger partial charge in [0, 0.05) is 18.9 Å². The molecule has 0 bridgehead atoms. The van der Waals surface area contributed by atoms with Crippen molar-refractivity contribution in [3.8, 4) is 5.75 Å². The zero-order valence-corrected chi connectivity index (χ0v) is 13.2. The van der Waals surface area contributed by atoms with Gasteiger partial charge in [0.15, 0.2) is 0 Å². The average Bonchev–Trinajstić information content (AvgIpc) is 2.73. The fourth-order valence-electron chi connectivity index (χ4n) is 2.05. The highest BCUT2D eigenvalue weighted by molar-refractivity contribution is 7.90. The van der Waals surface area contributed by atoms with E-state index in [2.05, 4.69) is 4.98 Å². The maximum Gasteiger partial charge on any atom is 0.149 e. The Morgan fingerprint density at radius 3 is 2.70 bits per heavy atom. The zero-order chi connectivity index (χ0) is 14.9. The second kappa shape index (κ2) is 5.61. The Morgan fingerprint density at radius 2 is 2.15 bits per heavy atom. The number of fused-ring (bicyclic) bond motifs is 1. The van der Waals surface area contributed by atoms with Gasteiger partial charge >= 0.3 is 0 Å². The van der Waals surface area contributed by atoms with Crippen LogP contribution in [0.4, 0.5) is 0 Å². The van der Waals surface area contributed by atoms with E-state index < -0.39 is 9.84 Å². The highest BCUT2D eigenvalue weighted by atomic mass is 35.5. The molecule has 2 rings (SSSR count). The van der Waals surface area contributed by atoms with Gasteiger partial charge in [0.25, 0.3) is 0 Å². The lowest BCUT2D eigenvalue weighted by Gasteiger charge is -2.09. The molecular weight excluding hydrogens is 300 g/mol. The van der Waals surface area contributed by atoms with Gasteiger partial charge in [-0.2, -0.15) is 0 Å². The Morgan fingerprint density at radius 1 is 1.45 bits per heavy atom. The van der Waals surface area contributed by atoms with Gasteiger partial charge in [0.05, 0.1) is 29.3 Å². The number of nitrogens with zero attached hydrogens (tertiary/aromatic N) is 2. The number of aromatic nitrogens is 2. The van der Waals surface area contributed by atoms with Crippen LogP contribution >= 0.6 is 11.6 Å². The van der Waals surface area contributed by atoms with E-state index in [1.165, 1.54) is 6.26 Å². The molecule has 20 heavy (non-hydrogen) atoms. The summed E-state index contributed by atoms with van der Waals surface area (Å²) >= 11 is 6.14. The molecule has 5 nitrogen and oxygen atoms in total. The van der Waals surface area contributed by atoms with Crippen molar-refractivity contribution in [2.75, 3.05) is 19.1 Å². The van der Waals surface area contributed by atoms with Gasteiger partial charge in [-0.25, -0.2) is 13.4 Å². The number of rotatable bonds is 5. The van der Waals surface area contributed by atoms with Crippen molar-refractivity contribution in [2.24, 2.45) is 0 Å². The molecule has 1 heterocycles. The van der Waals surface area contributed by atoms with Crippen molar-refractivity contribution in [1.29, 1.82) is 0 Å². The normalized spacial score (nSPS) is 13.6. The Bertz CT molecular complexity index is 723. The minimum Gasteiger partial charge on any atom is -0.497 e. The van der Waals surface area contributed by atoms with Gasteiger partial charge in [-0.15, -0.1) is 11.6 Å². The number of halogens is 1. The van der Waals surface area contributed by atoms with Crippen LogP contribution in [-0.4, -0.2) is 37.1 Å². The first-order valence-corrected chi connectivity index (χ1v) is 8.67. The quantitative estimate of drug-likeness (QED) is 0.795. The largest absolute Gasteiger partial charge is 0.497 e. The maximum atomic E-state index is 11.4. The van der Waals surface area contributed by atoms with Crippen molar-refractivity contribution >= 4 is 32.5 Å². The molecule has 0 aliphatic rings. The fraction of sp³-hybridized carbons (Fsp3) is 0.462. The molecule has 7 heteroatoms. The van der Waals surface area contributed by atoms with E-state index in [1.807, 2.05) is 29.7 Å². The Hall–Kier alpha value is -1.27. The third-order valence-electron chi connectivity index (χ3n) is 3.03. The standard InChI is InChI=1S/C13H17ClN2O3S/c1-9(14)13-15-11-8-10(19-2)4-5-12(11)16(13)6-7-20(3,17)18/h4-5,8-9H,6-7H2,1-3H3. The van der Waals surface area contributed by atoms with Gasteiger partial charge in [-0.3, -0.25) is 0 Å². The van der Waals surface area contributed by atoms with Crippen molar-refractivity contribution < 1.29 is 13.2 Å². The monoisotopic (exact) mass is 316 g/mol. The van der Waals surface area contributed by atoms with Gasteiger partial charge in [-0.05, 0) is 19.1 Å². The van der Waals surface area contributed by atoms with Crippen LogP contribution in [0.5, 0.6) is 5.75 Å². The third-order valence-corrected chi connectivity index (χ3v) is 4.15. The highest BCUT2D eigenvalue weighted by Gasteiger charge is 2.16. The van der Waals surface area contributed by atoms with Crippen molar-refractivity contribution in [2.45, 2.75) is 18.8 Å². The maximum absolute atomic E-state index is 11.4. The number of imidazole rings is 1. The van der Waals surface area contributed by atoms with Gasteiger partial charge in [0.2, 0.25) is 0 Å². The van der Waals surface area contributed by atoms with E-state index >= 15 is 0 Å². The number of sulfone groups is 1. The first-order chi connectivity index (χ1) is 9.31. The number of alkyl halides is 1. The molecule has 0 saturated carbocycles. The minimum absolute atomic E-state index is 0.0566. The van der Waals surface area contributed by atoms with Crippen LogP contribution in [0, 0.1) is 0 Å². The predicted molar refractivity (Wildman–Crippen MR) is 80.3 cm³/mol. The van der Waals surface area contributed by atoms with Crippen molar-refractivity contribution in [1.82, 2.24) is 9.55 Å². The van der Waals surface area contributed by atoms with E-state index in [9.17, 15) is 8.42 Å². The van der Waals surface area contributed by atoms with Crippen LogP contribution in [0.15, 0.2) is 18.2 Å². The molecule has 1 aromatic carbocycles. The molecule has 110 valence electrons. The molecule has 0 amide bonds. The third kappa shape index (κ3) is 3.24. The molecule has 0 fully saturated rings. The highest BCUT2D eigenvalue weighted by Crippen LogP contribution is 2.27. The molecule has 0 aliphatic heterocycles. The lowest BCUT2D eigenvalue weighted by atomic mass is 10.3. The molecule has 0 aliphatic carbocycles. The second-order valence-electron chi connectivity index (χ2n) is 4.72. The SMILES string of the molecule is COc1ccc2c(c1)nc(C(C)Cl)n2CCS(C)(=O)=O. The second-order valence-corrected chi connectivity index (χ2v) is 7.64. The number of hydrogen-bond acceptors (Lipinski definition) is 4.